The minimum absolute atomic E-state index is 0.185. The van der Waals surface area contributed by atoms with Crippen LogP contribution in [0.25, 0.3) is 10.2 Å². The molecule has 2 fully saturated rings. The minimum atomic E-state index is -4.24. The summed E-state index contributed by atoms with van der Waals surface area (Å²) in [7, 11) is 0. The number of fused-ring (bicyclic) bond motifs is 1. The molecule has 10 heteroatoms. The van der Waals surface area contributed by atoms with E-state index in [1.165, 1.54) is 6.33 Å². The van der Waals surface area contributed by atoms with Gasteiger partial charge in [0, 0.05) is 34.7 Å². The number of nitriles is 1. The third-order valence-corrected chi connectivity index (χ3v) is 7.92. The van der Waals surface area contributed by atoms with E-state index in [4.69, 9.17) is 16.9 Å². The van der Waals surface area contributed by atoms with Crippen molar-refractivity contribution >= 4 is 44.7 Å². The average molecular weight is 492 g/mol. The molecule has 3 heterocycles. The standard InChI is InChI=1S/C23H21ClF3N5S/c24-19-7-15(2-1-14(19)3-5-28)31-16-9-22(10-16)4-6-32(12-22)20-18-8-17(11-23(25,26)27)33-21(18)30-13-29-20/h1-2,7-8,13,16,31H,3-4,6,9-12H2. The smallest absolute Gasteiger partial charge is 0.382 e. The molecule has 0 atom stereocenters. The molecule has 1 spiro atoms. The molecule has 5 rings (SSSR count). The van der Waals surface area contributed by atoms with Crippen LogP contribution in [0.3, 0.4) is 0 Å². The van der Waals surface area contributed by atoms with Crippen molar-refractivity contribution in [1.82, 2.24) is 9.97 Å². The SMILES string of the molecule is N#CCc1ccc(NC2CC3(CCN(c4ncnc5sc(CC(F)(F)F)cc45)C3)C2)cc1Cl. The van der Waals surface area contributed by atoms with Crippen LogP contribution in [0.1, 0.15) is 29.7 Å². The van der Waals surface area contributed by atoms with Gasteiger partial charge in [0.15, 0.2) is 0 Å². The maximum Gasteiger partial charge on any atom is 0.393 e. The van der Waals surface area contributed by atoms with E-state index in [0.717, 1.165) is 60.8 Å². The summed E-state index contributed by atoms with van der Waals surface area (Å²) in [5, 5.41) is 13.7. The molecule has 1 saturated carbocycles. The van der Waals surface area contributed by atoms with Crippen LogP contribution in [0, 0.1) is 16.7 Å². The number of nitrogens with zero attached hydrogens (tertiary/aromatic N) is 4. The van der Waals surface area contributed by atoms with Crippen molar-refractivity contribution in [3.05, 3.63) is 46.1 Å². The topological polar surface area (TPSA) is 64.8 Å². The van der Waals surface area contributed by atoms with Gasteiger partial charge in [-0.15, -0.1) is 11.3 Å². The molecule has 172 valence electrons. The van der Waals surface area contributed by atoms with E-state index >= 15 is 0 Å². The van der Waals surface area contributed by atoms with Crippen molar-refractivity contribution in [2.24, 2.45) is 5.41 Å². The second-order valence-corrected chi connectivity index (χ2v) is 10.5. The van der Waals surface area contributed by atoms with Crippen LogP contribution in [-0.4, -0.2) is 35.3 Å². The summed E-state index contributed by atoms with van der Waals surface area (Å²) in [6, 6.07) is 9.76. The third kappa shape index (κ3) is 4.59. The molecule has 0 bridgehead atoms. The Kier molecular flexibility index (Phi) is 5.61. The summed E-state index contributed by atoms with van der Waals surface area (Å²) < 4.78 is 38.5. The van der Waals surface area contributed by atoms with Crippen LogP contribution in [0.2, 0.25) is 5.02 Å². The summed E-state index contributed by atoms with van der Waals surface area (Å²) >= 11 is 7.36. The summed E-state index contributed by atoms with van der Waals surface area (Å²) in [5.41, 5.74) is 1.96. The first-order chi connectivity index (χ1) is 15.7. The third-order valence-electron chi connectivity index (χ3n) is 6.52. The van der Waals surface area contributed by atoms with Gasteiger partial charge in [-0.2, -0.15) is 18.4 Å². The lowest BCUT2D eigenvalue weighted by Gasteiger charge is -2.46. The van der Waals surface area contributed by atoms with E-state index in [0.29, 0.717) is 27.7 Å². The Labute approximate surface area is 198 Å². The molecule has 33 heavy (non-hydrogen) atoms. The zero-order valence-electron chi connectivity index (χ0n) is 17.6. The first kappa shape index (κ1) is 22.2. The van der Waals surface area contributed by atoms with Gasteiger partial charge in [0.2, 0.25) is 0 Å². The Morgan fingerprint density at radius 3 is 2.82 bits per heavy atom. The van der Waals surface area contributed by atoms with Crippen LogP contribution < -0.4 is 10.2 Å². The Morgan fingerprint density at radius 1 is 1.27 bits per heavy atom. The number of thiophene rings is 1. The second kappa shape index (κ2) is 8.33. The number of aromatic nitrogens is 2. The molecule has 2 aromatic heterocycles. The molecule has 5 nitrogen and oxygen atoms in total. The van der Waals surface area contributed by atoms with Gasteiger partial charge in [0.25, 0.3) is 0 Å². The van der Waals surface area contributed by atoms with Crippen molar-refractivity contribution in [2.45, 2.75) is 44.3 Å². The van der Waals surface area contributed by atoms with Crippen LogP contribution in [0.4, 0.5) is 24.7 Å². The maximum atomic E-state index is 12.8. The molecule has 0 radical (unpaired) electrons. The van der Waals surface area contributed by atoms with Crippen LogP contribution >= 0.6 is 22.9 Å². The Morgan fingerprint density at radius 2 is 2.09 bits per heavy atom. The molecule has 2 aliphatic rings. The van der Waals surface area contributed by atoms with Crippen molar-refractivity contribution < 1.29 is 13.2 Å². The number of hydrogen-bond acceptors (Lipinski definition) is 6. The van der Waals surface area contributed by atoms with Crippen LogP contribution in [-0.2, 0) is 12.8 Å². The zero-order valence-corrected chi connectivity index (χ0v) is 19.2. The van der Waals surface area contributed by atoms with E-state index < -0.39 is 12.6 Å². The fraction of sp³-hybridized carbons (Fsp3) is 0.435. The average Bonchev–Trinajstić information content (AvgIpc) is 3.32. The van der Waals surface area contributed by atoms with Crippen LogP contribution in [0.5, 0.6) is 0 Å². The van der Waals surface area contributed by atoms with E-state index in [1.54, 1.807) is 6.07 Å². The molecule has 1 aliphatic carbocycles. The Hall–Kier alpha value is -2.57. The van der Waals surface area contributed by atoms with Crippen molar-refractivity contribution in [3.8, 4) is 6.07 Å². The molecular weight excluding hydrogens is 471 g/mol. The fourth-order valence-corrected chi connectivity index (χ4v) is 6.34. The van der Waals surface area contributed by atoms with Crippen LogP contribution in [0.15, 0.2) is 30.6 Å². The summed E-state index contributed by atoms with van der Waals surface area (Å²) in [5.74, 6) is 0.734. The van der Waals surface area contributed by atoms with E-state index in [2.05, 4.69) is 26.3 Å². The molecule has 0 amide bonds. The highest BCUT2D eigenvalue weighted by molar-refractivity contribution is 7.18. The quantitative estimate of drug-likeness (QED) is 0.475. The number of anilines is 2. The van der Waals surface area contributed by atoms with E-state index in [-0.39, 0.29) is 10.3 Å². The monoisotopic (exact) mass is 491 g/mol. The van der Waals surface area contributed by atoms with Gasteiger partial charge in [-0.05, 0) is 48.4 Å². The van der Waals surface area contributed by atoms with Gasteiger partial charge in [-0.1, -0.05) is 17.7 Å². The first-order valence-electron chi connectivity index (χ1n) is 10.7. The molecule has 1 saturated heterocycles. The lowest BCUT2D eigenvalue weighted by atomic mass is 9.65. The van der Waals surface area contributed by atoms with Crippen molar-refractivity contribution in [1.29, 1.82) is 5.26 Å². The molecule has 1 aromatic carbocycles. The number of rotatable bonds is 5. The predicted octanol–water partition coefficient (Wildman–Crippen LogP) is 5.99. The number of benzene rings is 1. The molecular formula is C23H21ClF3N5S. The van der Waals surface area contributed by atoms with Gasteiger partial charge >= 0.3 is 6.18 Å². The molecule has 1 aliphatic heterocycles. The molecule has 0 unspecified atom stereocenters. The maximum absolute atomic E-state index is 12.8. The number of hydrogen-bond donors (Lipinski definition) is 1. The van der Waals surface area contributed by atoms with Gasteiger partial charge in [-0.3, -0.25) is 0 Å². The highest BCUT2D eigenvalue weighted by Crippen LogP contribution is 2.50. The van der Waals surface area contributed by atoms with E-state index in [1.807, 2.05) is 18.2 Å². The van der Waals surface area contributed by atoms with E-state index in [9.17, 15) is 13.2 Å². The lowest BCUT2D eigenvalue weighted by molar-refractivity contribution is -0.126. The van der Waals surface area contributed by atoms with Gasteiger partial charge in [0.1, 0.15) is 17.0 Å². The number of halogens is 4. The summed E-state index contributed by atoms with van der Waals surface area (Å²) in [4.78, 5) is 11.7. The second-order valence-electron chi connectivity index (χ2n) is 8.98. The molecule has 3 aromatic rings. The highest BCUT2D eigenvalue weighted by Gasteiger charge is 2.49. The zero-order chi connectivity index (χ0) is 23.2. The number of nitrogens with one attached hydrogen (secondary N) is 1. The lowest BCUT2D eigenvalue weighted by Crippen LogP contribution is -2.46. The van der Waals surface area contributed by atoms with Gasteiger partial charge in [-0.25, -0.2) is 9.97 Å². The highest BCUT2D eigenvalue weighted by atomic mass is 35.5. The van der Waals surface area contributed by atoms with Crippen molar-refractivity contribution in [3.63, 3.8) is 0 Å². The Balaban J connectivity index is 1.24. The predicted molar refractivity (Wildman–Crippen MR) is 124 cm³/mol. The van der Waals surface area contributed by atoms with Gasteiger partial charge < -0.3 is 10.2 Å². The minimum Gasteiger partial charge on any atom is -0.382 e. The van der Waals surface area contributed by atoms with Crippen molar-refractivity contribution in [2.75, 3.05) is 23.3 Å². The number of alkyl halides is 3. The first-order valence-corrected chi connectivity index (χ1v) is 11.9. The summed E-state index contributed by atoms with van der Waals surface area (Å²) in [6.45, 7) is 1.67. The molecule has 1 N–H and O–H groups in total. The largest absolute Gasteiger partial charge is 0.393 e. The summed E-state index contributed by atoms with van der Waals surface area (Å²) in [6.07, 6.45) is -0.387. The Bertz CT molecular complexity index is 1230. The fourth-order valence-electron chi connectivity index (χ4n) is 5.07. The normalized spacial score (nSPS) is 22.5. The van der Waals surface area contributed by atoms with Gasteiger partial charge in [0.05, 0.1) is 24.3 Å².